The average molecular weight is 284 g/mol. The van der Waals surface area contributed by atoms with E-state index in [-0.39, 0.29) is 11.4 Å². The van der Waals surface area contributed by atoms with Crippen molar-refractivity contribution in [1.29, 1.82) is 0 Å². The second-order valence-corrected chi connectivity index (χ2v) is 4.65. The van der Waals surface area contributed by atoms with Crippen molar-refractivity contribution in [3.8, 4) is 0 Å². The zero-order valence-corrected chi connectivity index (χ0v) is 10.7. The first kappa shape index (κ1) is 14.7. The third-order valence-electron chi connectivity index (χ3n) is 3.25. The second-order valence-electron chi connectivity index (χ2n) is 4.65. The van der Waals surface area contributed by atoms with Crippen molar-refractivity contribution < 1.29 is 25.0 Å². The molecule has 0 radical (unpaired) electrons. The van der Waals surface area contributed by atoms with Crippen LogP contribution >= 0.6 is 0 Å². The predicted octanol–water partition coefficient (Wildman–Crippen LogP) is -0.166. The van der Waals surface area contributed by atoms with Gasteiger partial charge in [0, 0.05) is 6.07 Å². The summed E-state index contributed by atoms with van der Waals surface area (Å²) in [5.41, 5.74) is -0.00564. The van der Waals surface area contributed by atoms with Gasteiger partial charge in [0.2, 0.25) is 0 Å². The second kappa shape index (κ2) is 5.71. The molecule has 0 spiro atoms. The molecule has 0 unspecified atom stereocenters. The maximum absolute atomic E-state index is 10.9. The molecule has 2 rings (SSSR count). The Labute approximate surface area is 114 Å². The smallest absolute Gasteiger partial charge is 0.292 e. The first-order valence-corrected chi connectivity index (χ1v) is 6.11. The highest BCUT2D eigenvalue weighted by atomic mass is 16.6. The minimum atomic E-state index is -1.40. The predicted molar refractivity (Wildman–Crippen MR) is 69.1 cm³/mol. The lowest BCUT2D eigenvalue weighted by Gasteiger charge is -2.39. The molecule has 1 aromatic carbocycles. The van der Waals surface area contributed by atoms with E-state index in [1.807, 2.05) is 0 Å². The van der Waals surface area contributed by atoms with E-state index in [1.165, 1.54) is 25.1 Å². The van der Waals surface area contributed by atoms with Crippen molar-refractivity contribution in [2.45, 2.75) is 37.6 Å². The van der Waals surface area contributed by atoms with Gasteiger partial charge in [0.05, 0.1) is 11.0 Å². The van der Waals surface area contributed by atoms with Crippen LogP contribution < -0.4 is 5.32 Å². The van der Waals surface area contributed by atoms with Gasteiger partial charge in [-0.1, -0.05) is 12.1 Å². The van der Waals surface area contributed by atoms with Crippen LogP contribution in [0.25, 0.3) is 0 Å². The van der Waals surface area contributed by atoms with Gasteiger partial charge in [-0.3, -0.25) is 10.1 Å². The lowest BCUT2D eigenvalue weighted by Crippen LogP contribution is -2.58. The van der Waals surface area contributed by atoms with Crippen LogP contribution in [-0.4, -0.2) is 50.9 Å². The summed E-state index contributed by atoms with van der Waals surface area (Å²) >= 11 is 0. The van der Waals surface area contributed by atoms with Crippen molar-refractivity contribution in [3.05, 3.63) is 34.4 Å². The molecule has 0 bridgehead atoms. The number of hydrogen-bond acceptors (Lipinski definition) is 7. The summed E-state index contributed by atoms with van der Waals surface area (Å²) in [4.78, 5) is 10.3. The van der Waals surface area contributed by atoms with Gasteiger partial charge in [-0.25, -0.2) is 0 Å². The van der Waals surface area contributed by atoms with Crippen molar-refractivity contribution >= 4 is 11.4 Å². The van der Waals surface area contributed by atoms with Crippen LogP contribution in [0.1, 0.15) is 6.92 Å². The molecule has 1 aliphatic rings. The fourth-order valence-electron chi connectivity index (χ4n) is 2.08. The minimum Gasteiger partial charge on any atom is -0.388 e. The zero-order chi connectivity index (χ0) is 14.9. The van der Waals surface area contributed by atoms with Gasteiger partial charge in [0.1, 0.15) is 24.0 Å². The Hall–Kier alpha value is -1.74. The topological polar surface area (TPSA) is 125 Å². The van der Waals surface area contributed by atoms with E-state index in [2.05, 4.69) is 5.32 Å². The molecule has 0 amide bonds. The molecule has 1 heterocycles. The number of ether oxygens (including phenoxy) is 1. The molecule has 110 valence electrons. The Morgan fingerprint density at radius 3 is 2.50 bits per heavy atom. The Kier molecular flexibility index (Phi) is 4.19. The fraction of sp³-hybridized carbons (Fsp3) is 0.500. The van der Waals surface area contributed by atoms with E-state index < -0.39 is 35.6 Å². The molecule has 4 N–H and O–H groups in total. The molecule has 0 aliphatic carbocycles. The molecule has 1 fully saturated rings. The molecule has 1 aliphatic heterocycles. The summed E-state index contributed by atoms with van der Waals surface area (Å²) in [5.74, 6) is 0. The van der Waals surface area contributed by atoms with E-state index in [1.54, 1.807) is 6.07 Å². The summed E-state index contributed by atoms with van der Waals surface area (Å²) in [6.45, 7) is 1.54. The number of hydrogen-bond donors (Lipinski definition) is 4. The van der Waals surface area contributed by atoms with Gasteiger partial charge in [-0.15, -0.1) is 0 Å². The van der Waals surface area contributed by atoms with Crippen LogP contribution in [0, 0.1) is 10.1 Å². The Balaban J connectivity index is 2.20. The number of nitrogens with zero attached hydrogens (tertiary/aromatic N) is 1. The van der Waals surface area contributed by atoms with Crippen LogP contribution in [-0.2, 0) is 4.74 Å². The summed E-state index contributed by atoms with van der Waals surface area (Å²) in [6.07, 6.45) is -5.77. The number of nitrogens with one attached hydrogen (secondary N) is 1. The highest BCUT2D eigenvalue weighted by Crippen LogP contribution is 2.27. The van der Waals surface area contributed by atoms with E-state index in [0.29, 0.717) is 0 Å². The summed E-state index contributed by atoms with van der Waals surface area (Å²) in [5, 5.41) is 42.7. The molecule has 8 nitrogen and oxygen atoms in total. The van der Waals surface area contributed by atoms with Gasteiger partial charge < -0.3 is 25.4 Å². The summed E-state index contributed by atoms with van der Waals surface area (Å²) in [6, 6.07) is 5.89. The minimum absolute atomic E-state index is 0.164. The molecular formula is C12H16N2O6. The van der Waals surface area contributed by atoms with Crippen LogP contribution in [0.2, 0.25) is 0 Å². The molecule has 5 atom stereocenters. The molecule has 1 saturated heterocycles. The average Bonchev–Trinajstić information content (AvgIpc) is 2.43. The van der Waals surface area contributed by atoms with Crippen LogP contribution in [0.4, 0.5) is 11.4 Å². The van der Waals surface area contributed by atoms with Gasteiger partial charge in [-0.2, -0.15) is 0 Å². The Morgan fingerprint density at radius 2 is 1.85 bits per heavy atom. The SMILES string of the molecule is C[C@H]1O[C@@H](Nc2ccccc2[N+](=O)[O-])[C@@H](O)[C@@H](O)[C@@H]1O. The number of aliphatic hydroxyl groups is 3. The highest BCUT2D eigenvalue weighted by Gasteiger charge is 2.42. The quantitative estimate of drug-likeness (QED) is 0.448. The van der Waals surface area contributed by atoms with Crippen molar-refractivity contribution in [2.24, 2.45) is 0 Å². The molecule has 0 saturated carbocycles. The number of anilines is 1. The van der Waals surface area contributed by atoms with Gasteiger partial charge in [-0.05, 0) is 13.0 Å². The molecule has 1 aromatic rings. The zero-order valence-electron chi connectivity index (χ0n) is 10.7. The molecular weight excluding hydrogens is 268 g/mol. The first-order chi connectivity index (χ1) is 9.41. The van der Waals surface area contributed by atoms with Gasteiger partial charge >= 0.3 is 0 Å². The van der Waals surface area contributed by atoms with Crippen LogP contribution in [0.5, 0.6) is 0 Å². The van der Waals surface area contributed by atoms with Gasteiger partial charge in [0.25, 0.3) is 5.69 Å². The maximum Gasteiger partial charge on any atom is 0.292 e. The number of benzene rings is 1. The maximum atomic E-state index is 10.9. The first-order valence-electron chi connectivity index (χ1n) is 6.11. The Bertz CT molecular complexity index is 497. The molecule has 8 heteroatoms. The fourth-order valence-corrected chi connectivity index (χ4v) is 2.08. The van der Waals surface area contributed by atoms with E-state index >= 15 is 0 Å². The summed E-state index contributed by atoms with van der Waals surface area (Å²) in [7, 11) is 0. The largest absolute Gasteiger partial charge is 0.388 e. The summed E-state index contributed by atoms with van der Waals surface area (Å²) < 4.78 is 5.33. The van der Waals surface area contributed by atoms with Crippen molar-refractivity contribution in [2.75, 3.05) is 5.32 Å². The standard InChI is InChI=1S/C12H16N2O6/c1-6-9(15)10(16)11(17)12(20-6)13-7-4-2-3-5-8(7)14(18)19/h2-6,9-13,15-17H,1H3/t6-,9-,10+,11+,12-/m1/s1. The third-order valence-corrected chi connectivity index (χ3v) is 3.25. The highest BCUT2D eigenvalue weighted by molar-refractivity contribution is 5.61. The molecule has 20 heavy (non-hydrogen) atoms. The number of rotatable bonds is 3. The van der Waals surface area contributed by atoms with E-state index in [9.17, 15) is 25.4 Å². The number of nitro groups is 1. The van der Waals surface area contributed by atoms with E-state index in [0.717, 1.165) is 0 Å². The number of nitro benzene ring substituents is 1. The number of aliphatic hydroxyl groups excluding tert-OH is 3. The monoisotopic (exact) mass is 284 g/mol. The number of para-hydroxylation sites is 2. The Morgan fingerprint density at radius 1 is 1.20 bits per heavy atom. The van der Waals surface area contributed by atoms with E-state index in [4.69, 9.17) is 4.74 Å². The van der Waals surface area contributed by atoms with Gasteiger partial charge in [0.15, 0.2) is 6.23 Å². The van der Waals surface area contributed by atoms with Crippen molar-refractivity contribution in [3.63, 3.8) is 0 Å². The lowest BCUT2D eigenvalue weighted by atomic mass is 9.99. The van der Waals surface area contributed by atoms with Crippen molar-refractivity contribution in [1.82, 2.24) is 0 Å². The van der Waals surface area contributed by atoms with Crippen LogP contribution in [0.3, 0.4) is 0 Å². The molecule has 0 aromatic heterocycles. The lowest BCUT2D eigenvalue weighted by molar-refractivity contribution is -0.384. The normalized spacial score (nSPS) is 33.7. The third kappa shape index (κ3) is 2.73. The van der Waals surface area contributed by atoms with Crippen LogP contribution in [0.15, 0.2) is 24.3 Å².